The maximum Gasteiger partial charge on any atom is 0.245 e. The van der Waals surface area contributed by atoms with Crippen LogP contribution in [0.15, 0.2) is 58.3 Å². The van der Waals surface area contributed by atoms with Crippen molar-refractivity contribution in [3.63, 3.8) is 0 Å². The van der Waals surface area contributed by atoms with Gasteiger partial charge in [0.1, 0.15) is 6.23 Å². The molecule has 1 saturated heterocycles. The van der Waals surface area contributed by atoms with E-state index in [9.17, 15) is 16.8 Å². The number of fused-ring (bicyclic) bond motifs is 1. The van der Waals surface area contributed by atoms with Gasteiger partial charge in [-0.05, 0) is 51.0 Å². The molecule has 2 aliphatic rings. The number of hydrogen-bond acceptors (Lipinski definition) is 5. The summed E-state index contributed by atoms with van der Waals surface area (Å²) < 4.78 is 60.6. The molecule has 1 heterocycles. The zero-order chi connectivity index (χ0) is 21.5. The van der Waals surface area contributed by atoms with Crippen molar-refractivity contribution in [2.75, 3.05) is 5.75 Å². The normalized spacial score (nSPS) is 25.2. The Hall–Kier alpha value is -1.74. The molecule has 8 heteroatoms. The van der Waals surface area contributed by atoms with E-state index in [1.54, 1.807) is 48.5 Å². The molecule has 1 aliphatic heterocycles. The lowest BCUT2D eigenvalue weighted by molar-refractivity contribution is 0.0272. The summed E-state index contributed by atoms with van der Waals surface area (Å²) >= 11 is 0. The van der Waals surface area contributed by atoms with E-state index in [2.05, 4.69) is 0 Å². The van der Waals surface area contributed by atoms with Gasteiger partial charge in [-0.2, -0.15) is 4.31 Å². The molecule has 2 aromatic carbocycles. The average Bonchev–Trinajstić information content (AvgIpc) is 3.06. The van der Waals surface area contributed by atoms with E-state index in [4.69, 9.17) is 4.74 Å². The largest absolute Gasteiger partial charge is 0.356 e. The molecule has 2 aromatic rings. The molecule has 162 valence electrons. The summed E-state index contributed by atoms with van der Waals surface area (Å²) in [5.74, 6) is -0.395. The van der Waals surface area contributed by atoms with E-state index in [1.165, 1.54) is 4.31 Å². The van der Waals surface area contributed by atoms with E-state index in [-0.39, 0.29) is 21.9 Å². The molecular weight excluding hydrogens is 422 g/mol. The minimum atomic E-state index is -3.89. The van der Waals surface area contributed by atoms with Crippen LogP contribution in [0.1, 0.15) is 36.8 Å². The van der Waals surface area contributed by atoms with E-state index in [0.717, 1.165) is 30.4 Å². The molecule has 4 rings (SSSR count). The molecule has 0 spiro atoms. The molecule has 3 atom stereocenters. The summed E-state index contributed by atoms with van der Waals surface area (Å²) in [6.07, 6.45) is 1.98. The highest BCUT2D eigenvalue weighted by Crippen LogP contribution is 2.39. The van der Waals surface area contributed by atoms with Gasteiger partial charge >= 0.3 is 0 Å². The highest BCUT2D eigenvalue weighted by molar-refractivity contribution is 7.91. The maximum atomic E-state index is 13.5. The van der Waals surface area contributed by atoms with Gasteiger partial charge in [-0.25, -0.2) is 16.8 Å². The third-order valence-electron chi connectivity index (χ3n) is 5.95. The van der Waals surface area contributed by atoms with Crippen LogP contribution >= 0.6 is 0 Å². The SMILES string of the molecule is Cc1ccc(S(=O)(=O)C[C@@H]2OC3CCCCC3N2S(=O)(=O)c2ccc(C)cc2)cc1. The number of sulfone groups is 1. The summed E-state index contributed by atoms with van der Waals surface area (Å²) in [7, 11) is -7.61. The third kappa shape index (κ3) is 4.06. The second kappa shape index (κ2) is 8.07. The van der Waals surface area contributed by atoms with Crippen molar-refractivity contribution < 1.29 is 21.6 Å². The van der Waals surface area contributed by atoms with Crippen LogP contribution in [0.2, 0.25) is 0 Å². The number of sulfonamides is 1. The zero-order valence-corrected chi connectivity index (χ0v) is 18.8. The lowest BCUT2D eigenvalue weighted by Crippen LogP contribution is -2.46. The van der Waals surface area contributed by atoms with Crippen molar-refractivity contribution in [2.45, 2.75) is 67.7 Å². The van der Waals surface area contributed by atoms with E-state index >= 15 is 0 Å². The minimum absolute atomic E-state index is 0.167. The first-order chi connectivity index (χ1) is 14.2. The Bertz CT molecular complexity index is 1110. The van der Waals surface area contributed by atoms with Crippen LogP contribution in [0.25, 0.3) is 0 Å². The predicted molar refractivity (Wildman–Crippen MR) is 114 cm³/mol. The summed E-state index contributed by atoms with van der Waals surface area (Å²) in [4.78, 5) is 0.347. The summed E-state index contributed by atoms with van der Waals surface area (Å²) in [6, 6.07) is 12.9. The first-order valence-electron chi connectivity index (χ1n) is 10.2. The second-order valence-electron chi connectivity index (χ2n) is 8.22. The lowest BCUT2D eigenvalue weighted by Gasteiger charge is -2.30. The molecule has 0 bridgehead atoms. The molecule has 0 radical (unpaired) electrons. The predicted octanol–water partition coefficient (Wildman–Crippen LogP) is 3.44. The van der Waals surface area contributed by atoms with Gasteiger partial charge < -0.3 is 4.74 Å². The molecular formula is C22H27NO5S2. The molecule has 0 N–H and O–H groups in total. The van der Waals surface area contributed by atoms with Crippen LogP contribution in [0, 0.1) is 13.8 Å². The minimum Gasteiger partial charge on any atom is -0.356 e. The fraction of sp³-hybridized carbons (Fsp3) is 0.455. The molecule has 1 saturated carbocycles. The van der Waals surface area contributed by atoms with Gasteiger partial charge in [-0.3, -0.25) is 0 Å². The second-order valence-corrected chi connectivity index (χ2v) is 12.1. The molecule has 30 heavy (non-hydrogen) atoms. The number of ether oxygens (including phenoxy) is 1. The maximum absolute atomic E-state index is 13.5. The van der Waals surface area contributed by atoms with Crippen LogP contribution in [0.4, 0.5) is 0 Å². The van der Waals surface area contributed by atoms with E-state index in [1.807, 2.05) is 13.8 Å². The van der Waals surface area contributed by atoms with Gasteiger partial charge in [0, 0.05) is 0 Å². The molecule has 2 unspecified atom stereocenters. The van der Waals surface area contributed by atoms with Gasteiger partial charge in [-0.15, -0.1) is 0 Å². The third-order valence-corrected chi connectivity index (χ3v) is 9.59. The monoisotopic (exact) mass is 449 g/mol. The quantitative estimate of drug-likeness (QED) is 0.699. The molecule has 0 aromatic heterocycles. The van der Waals surface area contributed by atoms with Gasteiger partial charge in [0.05, 0.1) is 27.7 Å². The highest BCUT2D eigenvalue weighted by atomic mass is 32.2. The first-order valence-corrected chi connectivity index (χ1v) is 13.3. The van der Waals surface area contributed by atoms with E-state index < -0.39 is 31.8 Å². The highest BCUT2D eigenvalue weighted by Gasteiger charge is 2.50. The molecule has 6 nitrogen and oxygen atoms in total. The lowest BCUT2D eigenvalue weighted by atomic mass is 9.93. The van der Waals surface area contributed by atoms with Gasteiger partial charge in [0.15, 0.2) is 9.84 Å². The Morgan fingerprint density at radius 3 is 1.97 bits per heavy atom. The number of nitrogens with zero attached hydrogens (tertiary/aromatic N) is 1. The van der Waals surface area contributed by atoms with Gasteiger partial charge in [-0.1, -0.05) is 48.2 Å². The topological polar surface area (TPSA) is 80.8 Å². The van der Waals surface area contributed by atoms with Crippen LogP contribution in [-0.2, 0) is 24.6 Å². The van der Waals surface area contributed by atoms with Crippen molar-refractivity contribution >= 4 is 19.9 Å². The Labute approximate surface area is 178 Å². The van der Waals surface area contributed by atoms with Crippen molar-refractivity contribution in [1.82, 2.24) is 4.31 Å². The Kier molecular flexibility index (Phi) is 5.78. The van der Waals surface area contributed by atoms with Crippen LogP contribution in [0.5, 0.6) is 0 Å². The summed E-state index contributed by atoms with van der Waals surface area (Å²) in [6.45, 7) is 3.78. The zero-order valence-electron chi connectivity index (χ0n) is 17.2. The van der Waals surface area contributed by atoms with Gasteiger partial charge in [0.2, 0.25) is 10.0 Å². The van der Waals surface area contributed by atoms with Crippen molar-refractivity contribution in [3.05, 3.63) is 59.7 Å². The van der Waals surface area contributed by atoms with Crippen molar-refractivity contribution in [3.8, 4) is 0 Å². The van der Waals surface area contributed by atoms with Crippen LogP contribution < -0.4 is 0 Å². The Morgan fingerprint density at radius 2 is 1.37 bits per heavy atom. The number of benzene rings is 2. The van der Waals surface area contributed by atoms with Crippen molar-refractivity contribution in [2.24, 2.45) is 0 Å². The number of rotatable bonds is 5. The summed E-state index contributed by atoms with van der Waals surface area (Å²) in [5, 5.41) is 0. The van der Waals surface area contributed by atoms with Gasteiger partial charge in [0.25, 0.3) is 0 Å². The Balaban J connectivity index is 1.70. The smallest absolute Gasteiger partial charge is 0.245 e. The fourth-order valence-corrected chi connectivity index (χ4v) is 7.52. The number of aryl methyl sites for hydroxylation is 2. The average molecular weight is 450 g/mol. The molecule has 2 fully saturated rings. The standard InChI is InChI=1S/C22H27NO5S2/c1-16-7-11-18(12-8-16)29(24,25)15-22-23(20-5-3-4-6-21(20)28-22)30(26,27)19-13-9-17(2)10-14-19/h7-14,20-22H,3-6,15H2,1-2H3/t20?,21?,22-/m0/s1. The molecule has 0 amide bonds. The number of hydrogen-bond donors (Lipinski definition) is 0. The molecule has 1 aliphatic carbocycles. The Morgan fingerprint density at radius 1 is 0.833 bits per heavy atom. The van der Waals surface area contributed by atoms with Crippen molar-refractivity contribution in [1.29, 1.82) is 0 Å². The fourth-order valence-electron chi connectivity index (χ4n) is 4.31. The first kappa shape index (κ1) is 21.5. The summed E-state index contributed by atoms with van der Waals surface area (Å²) in [5.41, 5.74) is 1.92. The van der Waals surface area contributed by atoms with Crippen LogP contribution in [-0.4, -0.2) is 45.3 Å². The van der Waals surface area contributed by atoms with E-state index in [0.29, 0.717) is 6.42 Å². The van der Waals surface area contributed by atoms with Crippen LogP contribution in [0.3, 0.4) is 0 Å².